The largest absolute Gasteiger partial charge is 0.397 e. The SMILES string of the molecule is CCCC(C#N)(CCC)NC(=O)CC(F)(F)F. The number of carbonyl (C=O) groups is 1. The predicted octanol–water partition coefficient (Wildman–Crippen LogP) is 2.92. The van der Waals surface area contributed by atoms with E-state index in [1.54, 1.807) is 0 Å². The van der Waals surface area contributed by atoms with Crippen LogP contribution in [0.4, 0.5) is 13.2 Å². The molecule has 0 bridgehead atoms. The summed E-state index contributed by atoms with van der Waals surface area (Å²) < 4.78 is 36.0. The zero-order chi connectivity index (χ0) is 13.5. The molecule has 0 aromatic rings. The van der Waals surface area contributed by atoms with Gasteiger partial charge < -0.3 is 5.32 Å². The zero-order valence-corrected chi connectivity index (χ0v) is 10.0. The van der Waals surface area contributed by atoms with Crippen LogP contribution in [0.25, 0.3) is 0 Å². The third-order valence-electron chi connectivity index (χ3n) is 2.31. The lowest BCUT2D eigenvalue weighted by Crippen LogP contribution is -2.48. The van der Waals surface area contributed by atoms with Crippen molar-refractivity contribution in [3.8, 4) is 6.07 Å². The minimum Gasteiger partial charge on any atom is -0.338 e. The van der Waals surface area contributed by atoms with Crippen LogP contribution in [0.15, 0.2) is 0 Å². The lowest BCUT2D eigenvalue weighted by Gasteiger charge is -2.27. The first-order chi connectivity index (χ1) is 7.78. The van der Waals surface area contributed by atoms with Gasteiger partial charge in [-0.15, -0.1) is 0 Å². The van der Waals surface area contributed by atoms with Gasteiger partial charge in [-0.05, 0) is 12.8 Å². The fourth-order valence-electron chi connectivity index (χ4n) is 1.74. The maximum atomic E-state index is 12.0. The van der Waals surface area contributed by atoms with Crippen molar-refractivity contribution >= 4 is 5.91 Å². The molecule has 1 amide bonds. The molecule has 0 saturated carbocycles. The van der Waals surface area contributed by atoms with Gasteiger partial charge in [0.2, 0.25) is 5.91 Å². The van der Waals surface area contributed by atoms with Crippen molar-refractivity contribution < 1.29 is 18.0 Å². The highest BCUT2D eigenvalue weighted by atomic mass is 19.4. The number of nitriles is 1. The molecule has 6 heteroatoms. The number of halogens is 3. The third kappa shape index (κ3) is 6.15. The first-order valence-electron chi connectivity index (χ1n) is 5.57. The van der Waals surface area contributed by atoms with Gasteiger partial charge in [0.25, 0.3) is 0 Å². The summed E-state index contributed by atoms with van der Waals surface area (Å²) in [6, 6.07) is 1.93. The average molecular weight is 250 g/mol. The van der Waals surface area contributed by atoms with Gasteiger partial charge in [0, 0.05) is 0 Å². The number of rotatable bonds is 6. The number of alkyl halides is 3. The van der Waals surface area contributed by atoms with Crippen molar-refractivity contribution in [2.24, 2.45) is 0 Å². The van der Waals surface area contributed by atoms with E-state index >= 15 is 0 Å². The highest BCUT2D eigenvalue weighted by Crippen LogP contribution is 2.23. The minimum absolute atomic E-state index is 0.362. The number of nitrogens with one attached hydrogen (secondary N) is 1. The molecule has 1 N–H and O–H groups in total. The second kappa shape index (κ2) is 6.48. The topological polar surface area (TPSA) is 52.9 Å². The molecular weight excluding hydrogens is 233 g/mol. The van der Waals surface area contributed by atoms with Gasteiger partial charge in [0.1, 0.15) is 12.0 Å². The number of hydrogen-bond acceptors (Lipinski definition) is 2. The first-order valence-corrected chi connectivity index (χ1v) is 5.57. The normalized spacial score (nSPS) is 12.0. The van der Waals surface area contributed by atoms with Gasteiger partial charge >= 0.3 is 6.18 Å². The Balaban J connectivity index is 4.64. The van der Waals surface area contributed by atoms with E-state index in [0.717, 1.165) is 0 Å². The average Bonchev–Trinajstić information content (AvgIpc) is 2.15. The molecule has 0 spiro atoms. The molecule has 3 nitrogen and oxygen atoms in total. The van der Waals surface area contributed by atoms with Gasteiger partial charge in [-0.3, -0.25) is 4.79 Å². The fraction of sp³-hybridized carbons (Fsp3) is 0.818. The molecule has 98 valence electrons. The van der Waals surface area contributed by atoms with E-state index in [1.165, 1.54) is 0 Å². The number of hydrogen-bond donors (Lipinski definition) is 1. The third-order valence-corrected chi connectivity index (χ3v) is 2.31. The maximum absolute atomic E-state index is 12.0. The second-order valence-electron chi connectivity index (χ2n) is 4.03. The fourth-order valence-corrected chi connectivity index (χ4v) is 1.74. The smallest absolute Gasteiger partial charge is 0.338 e. The van der Waals surface area contributed by atoms with Crippen LogP contribution in [0.1, 0.15) is 46.0 Å². The molecule has 0 aliphatic carbocycles. The van der Waals surface area contributed by atoms with E-state index in [2.05, 4.69) is 5.32 Å². The van der Waals surface area contributed by atoms with Crippen molar-refractivity contribution in [3.05, 3.63) is 0 Å². The molecule has 0 aromatic carbocycles. The summed E-state index contributed by atoms with van der Waals surface area (Å²) in [5.41, 5.74) is -1.16. The Morgan fingerprint density at radius 1 is 1.24 bits per heavy atom. The summed E-state index contributed by atoms with van der Waals surface area (Å²) in [5, 5.41) is 11.3. The van der Waals surface area contributed by atoms with Crippen LogP contribution in [0.3, 0.4) is 0 Å². The highest BCUT2D eigenvalue weighted by molar-refractivity contribution is 5.77. The number of carbonyl (C=O) groups excluding carboxylic acids is 1. The molecular formula is C11H17F3N2O. The molecule has 0 saturated heterocycles. The Bertz CT molecular complexity index is 288. The molecule has 0 fully saturated rings. The number of nitrogens with zero attached hydrogens (tertiary/aromatic N) is 1. The van der Waals surface area contributed by atoms with Crippen LogP contribution in [0, 0.1) is 11.3 Å². The molecule has 17 heavy (non-hydrogen) atoms. The highest BCUT2D eigenvalue weighted by Gasteiger charge is 2.36. The molecule has 0 rings (SSSR count). The van der Waals surface area contributed by atoms with Crippen LogP contribution in [-0.2, 0) is 4.79 Å². The standard InChI is InChI=1S/C11H17F3N2O/c1-3-5-10(8-15,6-4-2)16-9(17)7-11(12,13)14/h3-7H2,1-2H3,(H,16,17). The summed E-state index contributed by atoms with van der Waals surface area (Å²) in [5.74, 6) is -1.14. The summed E-state index contributed by atoms with van der Waals surface area (Å²) >= 11 is 0. The summed E-state index contributed by atoms with van der Waals surface area (Å²) in [6.07, 6.45) is -4.10. The Morgan fingerprint density at radius 3 is 2.00 bits per heavy atom. The van der Waals surface area contributed by atoms with E-state index < -0.39 is 24.0 Å². The molecule has 0 unspecified atom stereocenters. The molecule has 0 radical (unpaired) electrons. The van der Waals surface area contributed by atoms with Crippen molar-refractivity contribution in [2.75, 3.05) is 0 Å². The lowest BCUT2D eigenvalue weighted by atomic mass is 9.90. The van der Waals surface area contributed by atoms with E-state index in [4.69, 9.17) is 5.26 Å². The van der Waals surface area contributed by atoms with Crippen LogP contribution >= 0.6 is 0 Å². The Labute approximate surface area is 99.0 Å². The lowest BCUT2D eigenvalue weighted by molar-refractivity contribution is -0.154. The summed E-state index contributed by atoms with van der Waals surface area (Å²) in [6.45, 7) is 3.63. The van der Waals surface area contributed by atoms with Crippen molar-refractivity contribution in [1.29, 1.82) is 5.26 Å². The minimum atomic E-state index is -4.54. The van der Waals surface area contributed by atoms with E-state index in [-0.39, 0.29) is 0 Å². The van der Waals surface area contributed by atoms with Crippen LogP contribution in [0.5, 0.6) is 0 Å². The number of amides is 1. The van der Waals surface area contributed by atoms with E-state index in [0.29, 0.717) is 25.7 Å². The van der Waals surface area contributed by atoms with Crippen LogP contribution in [0.2, 0.25) is 0 Å². The van der Waals surface area contributed by atoms with Gasteiger partial charge in [-0.25, -0.2) is 0 Å². The second-order valence-corrected chi connectivity index (χ2v) is 4.03. The summed E-state index contributed by atoms with van der Waals surface area (Å²) in [4.78, 5) is 11.2. The van der Waals surface area contributed by atoms with Gasteiger partial charge in [-0.1, -0.05) is 26.7 Å². The predicted molar refractivity (Wildman–Crippen MR) is 57.0 cm³/mol. The molecule has 0 aromatic heterocycles. The maximum Gasteiger partial charge on any atom is 0.397 e. The van der Waals surface area contributed by atoms with Gasteiger partial charge in [-0.2, -0.15) is 18.4 Å². The van der Waals surface area contributed by atoms with E-state index in [9.17, 15) is 18.0 Å². The van der Waals surface area contributed by atoms with Crippen molar-refractivity contribution in [1.82, 2.24) is 5.32 Å². The zero-order valence-electron chi connectivity index (χ0n) is 10.0. The Hall–Kier alpha value is -1.25. The monoisotopic (exact) mass is 250 g/mol. The Morgan fingerprint density at radius 2 is 1.71 bits per heavy atom. The molecule has 0 aliphatic heterocycles. The van der Waals surface area contributed by atoms with Crippen LogP contribution in [-0.4, -0.2) is 17.6 Å². The first kappa shape index (κ1) is 15.8. The van der Waals surface area contributed by atoms with E-state index in [1.807, 2.05) is 19.9 Å². The molecule has 0 aliphatic rings. The van der Waals surface area contributed by atoms with Gasteiger partial charge in [0.15, 0.2) is 0 Å². The van der Waals surface area contributed by atoms with Gasteiger partial charge in [0.05, 0.1) is 6.07 Å². The van der Waals surface area contributed by atoms with Crippen LogP contribution < -0.4 is 5.32 Å². The summed E-state index contributed by atoms with van der Waals surface area (Å²) in [7, 11) is 0. The Kier molecular flexibility index (Phi) is 6.00. The van der Waals surface area contributed by atoms with Crippen molar-refractivity contribution in [3.63, 3.8) is 0 Å². The quantitative estimate of drug-likeness (QED) is 0.788. The van der Waals surface area contributed by atoms with Crippen molar-refractivity contribution in [2.45, 2.75) is 57.7 Å². The molecule has 0 atom stereocenters. The molecule has 0 heterocycles.